The number of likely N-dealkylation sites (tertiary alicyclic amines) is 1. The van der Waals surface area contributed by atoms with Crippen molar-refractivity contribution < 1.29 is 9.53 Å². The Labute approximate surface area is 132 Å². The Morgan fingerprint density at radius 2 is 2.00 bits per heavy atom. The Bertz CT molecular complexity index is 473. The van der Waals surface area contributed by atoms with Gasteiger partial charge in [-0.25, -0.2) is 0 Å². The maximum atomic E-state index is 12.1. The van der Waals surface area contributed by atoms with E-state index >= 15 is 0 Å². The normalized spacial score (nSPS) is 21.3. The van der Waals surface area contributed by atoms with Crippen molar-refractivity contribution in [3.63, 3.8) is 0 Å². The van der Waals surface area contributed by atoms with Crippen LogP contribution in [0.15, 0.2) is 30.3 Å². The molecule has 0 spiro atoms. The van der Waals surface area contributed by atoms with Crippen LogP contribution in [-0.2, 0) is 16.1 Å². The predicted molar refractivity (Wildman–Crippen MR) is 86.4 cm³/mol. The van der Waals surface area contributed by atoms with E-state index in [4.69, 9.17) is 4.74 Å². The smallest absolute Gasteiger partial charge is 0.236 e. The van der Waals surface area contributed by atoms with E-state index in [1.54, 1.807) is 0 Å². The summed E-state index contributed by atoms with van der Waals surface area (Å²) < 4.78 is 5.80. The van der Waals surface area contributed by atoms with Gasteiger partial charge in [0.1, 0.15) is 0 Å². The SMILES string of the molecule is O=C(CNCC1CC1)N1CCC(COCc2ccccc2)C1. The monoisotopic (exact) mass is 302 g/mol. The van der Waals surface area contributed by atoms with E-state index < -0.39 is 0 Å². The van der Waals surface area contributed by atoms with Crippen LogP contribution in [0.25, 0.3) is 0 Å². The fourth-order valence-electron chi connectivity index (χ4n) is 2.93. The molecule has 1 N–H and O–H groups in total. The molecule has 1 heterocycles. The zero-order valence-corrected chi connectivity index (χ0v) is 13.2. The highest BCUT2D eigenvalue weighted by molar-refractivity contribution is 5.78. The van der Waals surface area contributed by atoms with E-state index in [2.05, 4.69) is 17.4 Å². The summed E-state index contributed by atoms with van der Waals surface area (Å²) in [5, 5.41) is 3.28. The van der Waals surface area contributed by atoms with Crippen LogP contribution >= 0.6 is 0 Å². The molecule has 1 aliphatic carbocycles. The lowest BCUT2D eigenvalue weighted by molar-refractivity contribution is -0.129. The van der Waals surface area contributed by atoms with Gasteiger partial charge in [0.25, 0.3) is 0 Å². The van der Waals surface area contributed by atoms with Crippen molar-refractivity contribution in [2.75, 3.05) is 32.8 Å². The van der Waals surface area contributed by atoms with Crippen LogP contribution in [0.1, 0.15) is 24.8 Å². The highest BCUT2D eigenvalue weighted by atomic mass is 16.5. The summed E-state index contributed by atoms with van der Waals surface area (Å²) in [6.45, 7) is 4.63. The Morgan fingerprint density at radius 1 is 1.18 bits per heavy atom. The molecule has 0 aromatic heterocycles. The van der Waals surface area contributed by atoms with Crippen LogP contribution in [0.4, 0.5) is 0 Å². The summed E-state index contributed by atoms with van der Waals surface area (Å²) in [6.07, 6.45) is 3.71. The molecule has 1 aromatic carbocycles. The fourth-order valence-corrected chi connectivity index (χ4v) is 2.93. The van der Waals surface area contributed by atoms with Crippen molar-refractivity contribution in [1.29, 1.82) is 0 Å². The minimum atomic E-state index is 0.242. The Kier molecular flexibility index (Phi) is 5.46. The second-order valence-corrected chi connectivity index (χ2v) is 6.57. The lowest BCUT2D eigenvalue weighted by Gasteiger charge is -2.17. The van der Waals surface area contributed by atoms with Gasteiger partial charge in [-0.3, -0.25) is 4.79 Å². The largest absolute Gasteiger partial charge is 0.376 e. The predicted octanol–water partition coefficient (Wildman–Crippen LogP) is 2.05. The number of benzene rings is 1. The van der Waals surface area contributed by atoms with Gasteiger partial charge in [-0.2, -0.15) is 0 Å². The first kappa shape index (κ1) is 15.5. The van der Waals surface area contributed by atoms with Crippen molar-refractivity contribution in [1.82, 2.24) is 10.2 Å². The number of hydrogen-bond donors (Lipinski definition) is 1. The van der Waals surface area contributed by atoms with Crippen LogP contribution in [0, 0.1) is 11.8 Å². The van der Waals surface area contributed by atoms with Crippen molar-refractivity contribution in [3.05, 3.63) is 35.9 Å². The third kappa shape index (κ3) is 4.82. The van der Waals surface area contributed by atoms with Crippen LogP contribution in [0.5, 0.6) is 0 Å². The number of rotatable bonds is 8. The Hall–Kier alpha value is -1.39. The molecule has 1 aromatic rings. The van der Waals surface area contributed by atoms with Gasteiger partial charge >= 0.3 is 0 Å². The number of ether oxygens (including phenoxy) is 1. The fraction of sp³-hybridized carbons (Fsp3) is 0.611. The molecule has 4 nitrogen and oxygen atoms in total. The summed E-state index contributed by atoms with van der Waals surface area (Å²) in [4.78, 5) is 14.1. The molecule has 22 heavy (non-hydrogen) atoms. The van der Waals surface area contributed by atoms with Gasteiger partial charge < -0.3 is 15.0 Å². The van der Waals surface area contributed by atoms with E-state index in [-0.39, 0.29) is 5.91 Å². The van der Waals surface area contributed by atoms with E-state index in [0.717, 1.165) is 38.6 Å². The van der Waals surface area contributed by atoms with Crippen molar-refractivity contribution in [2.24, 2.45) is 11.8 Å². The van der Waals surface area contributed by atoms with Gasteiger partial charge in [0.2, 0.25) is 5.91 Å². The second kappa shape index (κ2) is 7.75. The lowest BCUT2D eigenvalue weighted by atomic mass is 10.1. The van der Waals surface area contributed by atoms with Gasteiger partial charge in [-0.15, -0.1) is 0 Å². The van der Waals surface area contributed by atoms with E-state index in [9.17, 15) is 4.79 Å². The molecule has 1 aliphatic heterocycles. The lowest BCUT2D eigenvalue weighted by Crippen LogP contribution is -2.37. The maximum absolute atomic E-state index is 12.1. The van der Waals surface area contributed by atoms with Crippen LogP contribution in [-0.4, -0.2) is 43.6 Å². The van der Waals surface area contributed by atoms with Crippen molar-refractivity contribution in [2.45, 2.75) is 25.9 Å². The van der Waals surface area contributed by atoms with Crippen molar-refractivity contribution in [3.8, 4) is 0 Å². The zero-order chi connectivity index (χ0) is 15.2. The molecular weight excluding hydrogens is 276 g/mol. The topological polar surface area (TPSA) is 41.6 Å². The molecule has 2 aliphatic rings. The average Bonchev–Trinajstić information content (AvgIpc) is 3.24. The first-order valence-electron chi connectivity index (χ1n) is 8.41. The summed E-state index contributed by atoms with van der Waals surface area (Å²) >= 11 is 0. The van der Waals surface area contributed by atoms with E-state index in [1.165, 1.54) is 18.4 Å². The van der Waals surface area contributed by atoms with Gasteiger partial charge in [0.15, 0.2) is 0 Å². The summed E-state index contributed by atoms with van der Waals surface area (Å²) in [5.74, 6) is 1.55. The third-order valence-electron chi connectivity index (χ3n) is 4.51. The van der Waals surface area contributed by atoms with Gasteiger partial charge in [0, 0.05) is 19.0 Å². The molecule has 1 amide bonds. The molecule has 4 heteroatoms. The number of carbonyl (C=O) groups is 1. The minimum Gasteiger partial charge on any atom is -0.376 e. The average molecular weight is 302 g/mol. The number of carbonyl (C=O) groups excluding carboxylic acids is 1. The molecule has 2 fully saturated rings. The first-order chi connectivity index (χ1) is 10.8. The second-order valence-electron chi connectivity index (χ2n) is 6.57. The molecule has 1 unspecified atom stereocenters. The van der Waals surface area contributed by atoms with Gasteiger partial charge in [-0.1, -0.05) is 30.3 Å². The standard InChI is InChI=1S/C18H26N2O2/c21-18(11-19-10-15-6-7-15)20-9-8-17(12-20)14-22-13-16-4-2-1-3-5-16/h1-5,15,17,19H,6-14H2. The molecule has 120 valence electrons. The molecule has 1 saturated heterocycles. The Balaban J connectivity index is 1.30. The number of nitrogens with one attached hydrogen (secondary N) is 1. The molecule has 0 bridgehead atoms. The summed E-state index contributed by atoms with van der Waals surface area (Å²) in [5.41, 5.74) is 1.21. The quantitative estimate of drug-likeness (QED) is 0.799. The van der Waals surface area contributed by atoms with Crippen LogP contribution in [0.2, 0.25) is 0 Å². The summed E-state index contributed by atoms with van der Waals surface area (Å²) in [7, 11) is 0. The van der Waals surface area contributed by atoms with Gasteiger partial charge in [-0.05, 0) is 37.3 Å². The number of hydrogen-bond acceptors (Lipinski definition) is 3. The first-order valence-corrected chi connectivity index (χ1v) is 8.41. The third-order valence-corrected chi connectivity index (χ3v) is 4.51. The number of amides is 1. The number of nitrogens with zero attached hydrogens (tertiary/aromatic N) is 1. The van der Waals surface area contributed by atoms with Crippen LogP contribution in [0.3, 0.4) is 0 Å². The maximum Gasteiger partial charge on any atom is 0.236 e. The minimum absolute atomic E-state index is 0.242. The van der Waals surface area contributed by atoms with Crippen molar-refractivity contribution >= 4 is 5.91 Å². The Morgan fingerprint density at radius 3 is 2.77 bits per heavy atom. The highest BCUT2D eigenvalue weighted by Crippen LogP contribution is 2.27. The van der Waals surface area contributed by atoms with Gasteiger partial charge in [0.05, 0.1) is 19.8 Å². The molecular formula is C18H26N2O2. The van der Waals surface area contributed by atoms with E-state index in [0.29, 0.717) is 19.1 Å². The highest BCUT2D eigenvalue weighted by Gasteiger charge is 2.26. The molecule has 3 rings (SSSR count). The molecule has 1 saturated carbocycles. The molecule has 1 atom stereocenters. The molecule has 0 radical (unpaired) electrons. The van der Waals surface area contributed by atoms with E-state index in [1.807, 2.05) is 23.1 Å². The van der Waals surface area contributed by atoms with Crippen LogP contribution < -0.4 is 5.32 Å². The summed E-state index contributed by atoms with van der Waals surface area (Å²) in [6, 6.07) is 10.2. The zero-order valence-electron chi connectivity index (χ0n) is 13.2.